The first-order valence-corrected chi connectivity index (χ1v) is 9.97. The van der Waals surface area contributed by atoms with Crippen molar-refractivity contribution >= 4 is 46.9 Å². The third kappa shape index (κ3) is 2.77. The maximum absolute atomic E-state index is 12.0. The SMILES string of the molecule is COC(=O)C1(c2ccc3cc(C#CSI)ccc3c2)CC1. The molecule has 2 aromatic carbocycles. The molecule has 3 rings (SSSR count). The quantitative estimate of drug-likeness (QED) is 0.418. The molecule has 1 saturated carbocycles. The van der Waals surface area contributed by atoms with Crippen LogP contribution in [0.3, 0.4) is 0 Å². The van der Waals surface area contributed by atoms with Crippen LogP contribution in [-0.4, -0.2) is 13.1 Å². The van der Waals surface area contributed by atoms with Gasteiger partial charge < -0.3 is 4.74 Å². The van der Waals surface area contributed by atoms with E-state index in [-0.39, 0.29) is 5.97 Å². The summed E-state index contributed by atoms with van der Waals surface area (Å²) in [5, 5.41) is 5.27. The van der Waals surface area contributed by atoms with E-state index in [1.807, 2.05) is 12.1 Å². The second-order valence-corrected chi connectivity index (χ2v) is 6.83. The molecule has 0 bridgehead atoms. The van der Waals surface area contributed by atoms with Gasteiger partial charge in [0.2, 0.25) is 0 Å². The molecule has 0 radical (unpaired) electrons. The topological polar surface area (TPSA) is 26.3 Å². The summed E-state index contributed by atoms with van der Waals surface area (Å²) >= 11 is 2.16. The lowest BCUT2D eigenvalue weighted by molar-refractivity contribution is -0.143. The van der Waals surface area contributed by atoms with Crippen LogP contribution in [0.5, 0.6) is 0 Å². The molecule has 2 aromatic rings. The molecule has 0 aromatic heterocycles. The van der Waals surface area contributed by atoms with Crippen molar-refractivity contribution in [1.29, 1.82) is 0 Å². The lowest BCUT2D eigenvalue weighted by Crippen LogP contribution is -2.21. The van der Waals surface area contributed by atoms with Gasteiger partial charge in [-0.1, -0.05) is 30.2 Å². The highest BCUT2D eigenvalue weighted by Crippen LogP contribution is 2.49. The minimum absolute atomic E-state index is 0.122. The van der Waals surface area contributed by atoms with E-state index in [2.05, 4.69) is 56.6 Å². The van der Waals surface area contributed by atoms with E-state index in [1.165, 1.54) is 16.0 Å². The molecule has 106 valence electrons. The van der Waals surface area contributed by atoms with Gasteiger partial charge in [0.25, 0.3) is 0 Å². The average molecular weight is 408 g/mol. The predicted octanol–water partition coefficient (Wildman–Crippen LogP) is 4.44. The molecule has 1 fully saturated rings. The Kier molecular flexibility index (Phi) is 4.14. The van der Waals surface area contributed by atoms with Crippen molar-refractivity contribution in [3.63, 3.8) is 0 Å². The van der Waals surface area contributed by atoms with Gasteiger partial charge in [0.15, 0.2) is 0 Å². The molecule has 0 spiro atoms. The first-order chi connectivity index (χ1) is 10.2. The molecule has 0 amide bonds. The minimum Gasteiger partial charge on any atom is -0.468 e. The van der Waals surface area contributed by atoms with Gasteiger partial charge in [-0.05, 0) is 55.5 Å². The highest BCUT2D eigenvalue weighted by atomic mass is 127. The standard InChI is InChI=1S/C17H13IO2S/c1-20-16(19)17(7-8-17)15-5-4-13-10-12(6-9-21-18)2-3-14(13)11-15/h2-5,10-11H,7-8H2,1H3. The molecule has 0 aliphatic heterocycles. The number of benzene rings is 2. The van der Waals surface area contributed by atoms with Crippen molar-refractivity contribution in [2.75, 3.05) is 7.11 Å². The lowest BCUT2D eigenvalue weighted by atomic mass is 9.93. The Morgan fingerprint density at radius 3 is 2.62 bits per heavy atom. The van der Waals surface area contributed by atoms with Crippen LogP contribution in [0.15, 0.2) is 36.4 Å². The fraction of sp³-hybridized carbons (Fsp3) is 0.235. The zero-order chi connectivity index (χ0) is 14.9. The Morgan fingerprint density at radius 1 is 1.24 bits per heavy atom. The average Bonchev–Trinajstić information content (AvgIpc) is 3.33. The van der Waals surface area contributed by atoms with Gasteiger partial charge in [0, 0.05) is 26.8 Å². The van der Waals surface area contributed by atoms with Crippen LogP contribution < -0.4 is 0 Å². The number of carbonyl (C=O) groups excluding carboxylic acids is 1. The van der Waals surface area contributed by atoms with E-state index in [4.69, 9.17) is 4.74 Å². The summed E-state index contributed by atoms with van der Waals surface area (Å²) in [4.78, 5) is 12.0. The van der Waals surface area contributed by atoms with Crippen molar-refractivity contribution in [2.24, 2.45) is 0 Å². The number of methoxy groups -OCH3 is 1. The first kappa shape index (κ1) is 14.7. The van der Waals surface area contributed by atoms with Crippen LogP contribution in [0.2, 0.25) is 0 Å². The van der Waals surface area contributed by atoms with Crippen molar-refractivity contribution in [2.45, 2.75) is 18.3 Å². The van der Waals surface area contributed by atoms with Gasteiger partial charge in [0.1, 0.15) is 0 Å². The van der Waals surface area contributed by atoms with Gasteiger partial charge >= 0.3 is 5.97 Å². The second-order valence-electron chi connectivity index (χ2n) is 5.15. The highest BCUT2D eigenvalue weighted by molar-refractivity contribution is 14.2. The molecule has 2 nitrogen and oxygen atoms in total. The summed E-state index contributed by atoms with van der Waals surface area (Å²) in [5.41, 5.74) is 1.66. The van der Waals surface area contributed by atoms with Crippen molar-refractivity contribution in [1.82, 2.24) is 0 Å². The van der Waals surface area contributed by atoms with Crippen molar-refractivity contribution in [3.8, 4) is 11.2 Å². The molecule has 0 unspecified atom stereocenters. The van der Waals surface area contributed by atoms with E-state index < -0.39 is 5.41 Å². The molecular weight excluding hydrogens is 395 g/mol. The summed E-state index contributed by atoms with van der Waals surface area (Å²) < 4.78 is 4.95. The summed E-state index contributed by atoms with van der Waals surface area (Å²) in [7, 11) is 2.94. The predicted molar refractivity (Wildman–Crippen MR) is 95.4 cm³/mol. The zero-order valence-corrected chi connectivity index (χ0v) is 14.5. The Balaban J connectivity index is 2.00. The second kappa shape index (κ2) is 5.90. The number of halogens is 1. The van der Waals surface area contributed by atoms with E-state index in [1.54, 1.807) is 0 Å². The summed E-state index contributed by atoms with van der Waals surface area (Å²) in [6, 6.07) is 12.4. The van der Waals surface area contributed by atoms with Crippen LogP contribution in [-0.2, 0) is 14.9 Å². The Hall–Kier alpha value is -1.19. The minimum atomic E-state index is -0.404. The van der Waals surface area contributed by atoms with Gasteiger partial charge in [-0.2, -0.15) is 0 Å². The molecule has 0 atom stereocenters. The maximum Gasteiger partial charge on any atom is 0.316 e. The molecule has 4 heteroatoms. The van der Waals surface area contributed by atoms with Gasteiger partial charge in [-0.25, -0.2) is 0 Å². The number of fused-ring (bicyclic) bond motifs is 1. The van der Waals surface area contributed by atoms with Gasteiger partial charge in [0.05, 0.1) is 12.5 Å². The Morgan fingerprint density at radius 2 is 1.95 bits per heavy atom. The molecule has 0 N–H and O–H groups in total. The number of ether oxygens (including phenoxy) is 1. The summed E-state index contributed by atoms with van der Waals surface area (Å²) in [6.45, 7) is 0. The van der Waals surface area contributed by atoms with Crippen LogP contribution in [0.25, 0.3) is 10.8 Å². The molecule has 1 aliphatic rings. The largest absolute Gasteiger partial charge is 0.468 e. The van der Waals surface area contributed by atoms with Crippen LogP contribution >= 0.6 is 30.1 Å². The van der Waals surface area contributed by atoms with Crippen LogP contribution in [0.1, 0.15) is 24.0 Å². The van der Waals surface area contributed by atoms with E-state index >= 15 is 0 Å². The van der Waals surface area contributed by atoms with Crippen LogP contribution in [0.4, 0.5) is 0 Å². The maximum atomic E-state index is 12.0. The fourth-order valence-electron chi connectivity index (χ4n) is 2.63. The van der Waals surface area contributed by atoms with E-state index in [0.717, 1.165) is 34.7 Å². The van der Waals surface area contributed by atoms with E-state index in [0.29, 0.717) is 0 Å². The van der Waals surface area contributed by atoms with E-state index in [9.17, 15) is 4.79 Å². The normalized spacial score (nSPS) is 15.1. The number of carbonyl (C=O) groups is 1. The smallest absolute Gasteiger partial charge is 0.316 e. The number of hydrogen-bond donors (Lipinski definition) is 0. The number of rotatable bonds is 2. The van der Waals surface area contributed by atoms with Crippen molar-refractivity contribution in [3.05, 3.63) is 47.5 Å². The third-order valence-electron chi connectivity index (χ3n) is 3.95. The molecule has 0 saturated heterocycles. The molecule has 1 aliphatic carbocycles. The van der Waals surface area contributed by atoms with Crippen LogP contribution in [0, 0.1) is 11.2 Å². The fourth-order valence-corrected chi connectivity index (χ4v) is 3.12. The van der Waals surface area contributed by atoms with Gasteiger partial charge in [-0.3, -0.25) is 4.79 Å². The number of esters is 1. The first-order valence-electron chi connectivity index (χ1n) is 6.61. The third-order valence-corrected chi connectivity index (χ3v) is 4.79. The molecule has 0 heterocycles. The molecular formula is C17H13IO2S. The zero-order valence-electron chi connectivity index (χ0n) is 11.5. The monoisotopic (exact) mass is 408 g/mol. The lowest BCUT2D eigenvalue weighted by Gasteiger charge is -2.13. The highest BCUT2D eigenvalue weighted by Gasteiger charge is 2.52. The number of hydrogen-bond acceptors (Lipinski definition) is 3. The summed E-state index contributed by atoms with van der Waals surface area (Å²) in [5.74, 6) is 2.98. The molecule has 21 heavy (non-hydrogen) atoms. The summed E-state index contributed by atoms with van der Waals surface area (Å²) in [6.07, 6.45) is 1.75. The van der Waals surface area contributed by atoms with Crippen molar-refractivity contribution < 1.29 is 9.53 Å². The Labute approximate surface area is 140 Å². The van der Waals surface area contributed by atoms with Gasteiger partial charge in [-0.15, -0.1) is 0 Å². The Bertz CT molecular complexity index is 769.